The number of hydrogen-bond acceptors (Lipinski definition) is 7. The van der Waals surface area contributed by atoms with E-state index in [2.05, 4.69) is 30.9 Å². The molecule has 8 nitrogen and oxygen atoms in total. The van der Waals surface area contributed by atoms with Crippen molar-refractivity contribution in [3.8, 4) is 11.3 Å². The summed E-state index contributed by atoms with van der Waals surface area (Å²) in [5.41, 5.74) is 1.29. The third kappa shape index (κ3) is 5.44. The fourth-order valence-electron chi connectivity index (χ4n) is 3.77. The Kier molecular flexibility index (Phi) is 7.09. The molecule has 1 amide bonds. The van der Waals surface area contributed by atoms with Crippen LogP contribution in [-0.4, -0.2) is 53.2 Å². The molecule has 2 aromatic heterocycles. The molecule has 2 aliphatic heterocycles. The number of carbonyl (C=O) groups is 1. The number of ether oxygens (including phenoxy) is 1. The standard InChI is InChI=1S/C21H27ClN6O2/c22-17-11-26-19(28-21(29)14-4-3-6-23-9-14)8-16(17)18-12-24-13-20(27-18)25-10-15-5-1-2-7-30-15/h8,11-15,23H,1-7,9-10H2,(H,25,27)(H,26,28,29). The molecule has 2 aliphatic rings. The summed E-state index contributed by atoms with van der Waals surface area (Å²) in [5.74, 6) is 1.04. The van der Waals surface area contributed by atoms with Crippen LogP contribution in [0.15, 0.2) is 24.7 Å². The van der Waals surface area contributed by atoms with E-state index in [0.717, 1.165) is 38.8 Å². The van der Waals surface area contributed by atoms with Crippen LogP contribution in [0, 0.1) is 5.92 Å². The van der Waals surface area contributed by atoms with Gasteiger partial charge in [0.1, 0.15) is 11.6 Å². The van der Waals surface area contributed by atoms with E-state index in [4.69, 9.17) is 16.3 Å². The molecule has 0 aromatic carbocycles. The van der Waals surface area contributed by atoms with Crippen LogP contribution in [0.3, 0.4) is 0 Å². The van der Waals surface area contributed by atoms with E-state index < -0.39 is 0 Å². The van der Waals surface area contributed by atoms with Crippen LogP contribution in [-0.2, 0) is 9.53 Å². The Hall–Kier alpha value is -2.29. The Morgan fingerprint density at radius 1 is 1.20 bits per heavy atom. The van der Waals surface area contributed by atoms with E-state index >= 15 is 0 Å². The van der Waals surface area contributed by atoms with Gasteiger partial charge in [0.15, 0.2) is 0 Å². The Labute approximate surface area is 181 Å². The van der Waals surface area contributed by atoms with Gasteiger partial charge in [-0.15, -0.1) is 0 Å². The highest BCUT2D eigenvalue weighted by Gasteiger charge is 2.21. The van der Waals surface area contributed by atoms with Gasteiger partial charge >= 0.3 is 0 Å². The molecule has 30 heavy (non-hydrogen) atoms. The topological polar surface area (TPSA) is 101 Å². The first-order chi connectivity index (χ1) is 14.7. The van der Waals surface area contributed by atoms with Gasteiger partial charge in [-0.2, -0.15) is 0 Å². The maximum absolute atomic E-state index is 12.5. The van der Waals surface area contributed by atoms with Crippen LogP contribution in [0.25, 0.3) is 11.3 Å². The molecule has 0 saturated carbocycles. The van der Waals surface area contributed by atoms with Crippen molar-refractivity contribution >= 4 is 29.1 Å². The number of anilines is 2. The summed E-state index contributed by atoms with van der Waals surface area (Å²) in [5, 5.41) is 9.91. The summed E-state index contributed by atoms with van der Waals surface area (Å²) in [4.78, 5) is 25.7. The third-order valence-electron chi connectivity index (χ3n) is 5.47. The van der Waals surface area contributed by atoms with E-state index in [1.165, 1.54) is 12.6 Å². The molecule has 3 N–H and O–H groups in total. The number of halogens is 1. The Balaban J connectivity index is 1.45. The van der Waals surface area contributed by atoms with Crippen molar-refractivity contribution in [3.63, 3.8) is 0 Å². The third-order valence-corrected chi connectivity index (χ3v) is 5.77. The summed E-state index contributed by atoms with van der Waals surface area (Å²) in [6.45, 7) is 3.16. The maximum atomic E-state index is 12.5. The number of pyridine rings is 1. The lowest BCUT2D eigenvalue weighted by molar-refractivity contribution is -0.120. The molecular weight excluding hydrogens is 404 g/mol. The molecule has 9 heteroatoms. The highest BCUT2D eigenvalue weighted by atomic mass is 35.5. The van der Waals surface area contributed by atoms with E-state index in [0.29, 0.717) is 41.0 Å². The van der Waals surface area contributed by atoms with Gasteiger partial charge in [-0.1, -0.05) is 11.6 Å². The SMILES string of the molecule is O=C(Nc1cc(-c2cncc(NCC3CCCCO3)n2)c(Cl)cn1)C1CCCNC1. The molecule has 4 heterocycles. The molecule has 2 fully saturated rings. The number of rotatable bonds is 6. The molecule has 4 rings (SSSR count). The molecule has 2 atom stereocenters. The fourth-order valence-corrected chi connectivity index (χ4v) is 3.98. The first kappa shape index (κ1) is 21.0. The summed E-state index contributed by atoms with van der Waals surface area (Å²) in [7, 11) is 0. The Morgan fingerprint density at radius 2 is 2.13 bits per heavy atom. The zero-order valence-corrected chi connectivity index (χ0v) is 17.6. The van der Waals surface area contributed by atoms with Gasteiger partial charge < -0.3 is 20.7 Å². The van der Waals surface area contributed by atoms with Crippen LogP contribution < -0.4 is 16.0 Å². The van der Waals surface area contributed by atoms with Gasteiger partial charge in [0, 0.05) is 31.5 Å². The minimum Gasteiger partial charge on any atom is -0.376 e. The summed E-state index contributed by atoms with van der Waals surface area (Å²) in [6.07, 6.45) is 10.3. The van der Waals surface area contributed by atoms with E-state index in [9.17, 15) is 4.79 Å². The molecule has 0 radical (unpaired) electrons. The van der Waals surface area contributed by atoms with Crippen molar-refractivity contribution in [2.24, 2.45) is 5.92 Å². The zero-order valence-electron chi connectivity index (χ0n) is 16.9. The predicted octanol–water partition coefficient (Wildman–Crippen LogP) is 3.11. The number of hydrogen-bond donors (Lipinski definition) is 3. The van der Waals surface area contributed by atoms with E-state index in [1.807, 2.05) is 0 Å². The normalized spacial score (nSPS) is 21.8. The van der Waals surface area contributed by atoms with Crippen molar-refractivity contribution in [1.29, 1.82) is 0 Å². The maximum Gasteiger partial charge on any atom is 0.229 e. The average molecular weight is 431 g/mol. The minimum absolute atomic E-state index is 0.0306. The number of carbonyl (C=O) groups excluding carboxylic acids is 1. The lowest BCUT2D eigenvalue weighted by Gasteiger charge is -2.23. The highest BCUT2D eigenvalue weighted by Crippen LogP contribution is 2.28. The van der Waals surface area contributed by atoms with Gasteiger partial charge in [-0.05, 0) is 44.7 Å². The largest absolute Gasteiger partial charge is 0.376 e. The quantitative estimate of drug-likeness (QED) is 0.647. The summed E-state index contributed by atoms with van der Waals surface area (Å²) >= 11 is 6.37. The number of amides is 1. The number of nitrogens with zero attached hydrogens (tertiary/aromatic N) is 3. The predicted molar refractivity (Wildman–Crippen MR) is 117 cm³/mol. The number of nitrogens with one attached hydrogen (secondary N) is 3. The van der Waals surface area contributed by atoms with Gasteiger partial charge in [0.2, 0.25) is 5.91 Å². The monoisotopic (exact) mass is 430 g/mol. The smallest absolute Gasteiger partial charge is 0.229 e. The first-order valence-corrected chi connectivity index (χ1v) is 10.9. The molecular formula is C21H27ClN6O2. The molecule has 0 spiro atoms. The second kappa shape index (κ2) is 10.1. The second-order valence-electron chi connectivity index (χ2n) is 7.74. The number of piperidine rings is 1. The van der Waals surface area contributed by atoms with Crippen molar-refractivity contribution < 1.29 is 9.53 Å². The molecule has 0 bridgehead atoms. The lowest BCUT2D eigenvalue weighted by atomic mass is 9.99. The lowest BCUT2D eigenvalue weighted by Crippen LogP contribution is -2.37. The van der Waals surface area contributed by atoms with Crippen LogP contribution in [0.5, 0.6) is 0 Å². The summed E-state index contributed by atoms with van der Waals surface area (Å²) < 4.78 is 5.75. The van der Waals surface area contributed by atoms with Crippen molar-refractivity contribution in [1.82, 2.24) is 20.3 Å². The molecule has 2 unspecified atom stereocenters. The zero-order chi connectivity index (χ0) is 20.8. The van der Waals surface area contributed by atoms with Gasteiger partial charge in [-0.3, -0.25) is 9.78 Å². The Bertz CT molecular complexity index is 868. The van der Waals surface area contributed by atoms with Gasteiger partial charge in [0.05, 0.1) is 35.1 Å². The minimum atomic E-state index is -0.0472. The Morgan fingerprint density at radius 3 is 2.93 bits per heavy atom. The molecule has 0 aliphatic carbocycles. The van der Waals surface area contributed by atoms with Crippen molar-refractivity contribution in [2.45, 2.75) is 38.2 Å². The fraction of sp³-hybridized carbons (Fsp3) is 0.524. The molecule has 2 aromatic rings. The van der Waals surface area contributed by atoms with Crippen LogP contribution >= 0.6 is 11.6 Å². The van der Waals surface area contributed by atoms with Crippen molar-refractivity contribution in [2.75, 3.05) is 36.9 Å². The van der Waals surface area contributed by atoms with Crippen molar-refractivity contribution in [3.05, 3.63) is 29.7 Å². The van der Waals surface area contributed by atoms with E-state index in [-0.39, 0.29) is 17.9 Å². The first-order valence-electron chi connectivity index (χ1n) is 10.5. The number of aromatic nitrogens is 3. The molecule has 160 valence electrons. The summed E-state index contributed by atoms with van der Waals surface area (Å²) in [6, 6.07) is 1.74. The van der Waals surface area contributed by atoms with Crippen LogP contribution in [0.4, 0.5) is 11.6 Å². The second-order valence-corrected chi connectivity index (χ2v) is 8.15. The highest BCUT2D eigenvalue weighted by molar-refractivity contribution is 6.33. The van der Waals surface area contributed by atoms with Crippen LogP contribution in [0.1, 0.15) is 32.1 Å². The molecule has 2 saturated heterocycles. The van der Waals surface area contributed by atoms with Crippen LogP contribution in [0.2, 0.25) is 5.02 Å². The van der Waals surface area contributed by atoms with Gasteiger partial charge in [-0.25, -0.2) is 9.97 Å². The van der Waals surface area contributed by atoms with E-state index in [1.54, 1.807) is 18.5 Å². The average Bonchev–Trinajstić information content (AvgIpc) is 2.80. The van der Waals surface area contributed by atoms with Gasteiger partial charge in [0.25, 0.3) is 0 Å².